The van der Waals surface area contributed by atoms with Crippen LogP contribution in [0.5, 0.6) is 0 Å². The van der Waals surface area contributed by atoms with Crippen LogP contribution in [0.4, 0.5) is 5.95 Å². The van der Waals surface area contributed by atoms with Crippen LogP contribution in [0.25, 0.3) is 0 Å². The zero-order chi connectivity index (χ0) is 12.3. The van der Waals surface area contributed by atoms with E-state index in [4.69, 9.17) is 22.1 Å². The Morgan fingerprint density at radius 2 is 2.12 bits per heavy atom. The Kier molecular flexibility index (Phi) is 4.37. The zero-order valence-corrected chi connectivity index (χ0v) is 10.7. The molecule has 7 heteroatoms. The Morgan fingerprint density at radius 1 is 1.50 bits per heavy atom. The van der Waals surface area contributed by atoms with E-state index in [0.29, 0.717) is 5.03 Å². The second-order valence-corrected chi connectivity index (χ2v) is 4.36. The molecule has 5 nitrogen and oxygen atoms in total. The van der Waals surface area contributed by atoms with Crippen molar-refractivity contribution >= 4 is 35.3 Å². The molecule has 2 N–H and O–H groups in total. The topological polar surface area (TPSA) is 78.1 Å². The summed E-state index contributed by atoms with van der Waals surface area (Å²) in [5.41, 5.74) is 5.60. The third kappa shape index (κ3) is 2.99. The van der Waals surface area contributed by atoms with E-state index in [9.17, 15) is 4.79 Å². The lowest BCUT2D eigenvalue weighted by molar-refractivity contribution is 0.0372. The number of halogens is 1. The van der Waals surface area contributed by atoms with Gasteiger partial charge in [-0.2, -0.15) is 0 Å². The van der Waals surface area contributed by atoms with E-state index < -0.39 is 5.97 Å². The molecule has 0 saturated heterocycles. The summed E-state index contributed by atoms with van der Waals surface area (Å²) in [6, 6.07) is 0. The lowest BCUT2D eigenvalue weighted by Crippen LogP contribution is -2.15. The van der Waals surface area contributed by atoms with E-state index in [2.05, 4.69) is 9.97 Å². The van der Waals surface area contributed by atoms with E-state index in [0.717, 1.165) is 0 Å². The summed E-state index contributed by atoms with van der Waals surface area (Å²) in [6.07, 6.45) is 1.54. The number of hydrogen-bond donors (Lipinski definition) is 1. The number of esters is 1. The van der Waals surface area contributed by atoms with Gasteiger partial charge in [-0.05, 0) is 20.1 Å². The molecule has 0 aliphatic heterocycles. The van der Waals surface area contributed by atoms with Gasteiger partial charge < -0.3 is 10.5 Å². The first-order valence-corrected chi connectivity index (χ1v) is 6.14. The van der Waals surface area contributed by atoms with Crippen LogP contribution in [0, 0.1) is 0 Å². The summed E-state index contributed by atoms with van der Waals surface area (Å²) in [5.74, 6) is -0.500. The third-order valence-corrected chi connectivity index (χ3v) is 2.54. The largest absolute Gasteiger partial charge is 0.459 e. The van der Waals surface area contributed by atoms with Crippen LogP contribution in [0.2, 0.25) is 5.15 Å². The Morgan fingerprint density at radius 3 is 2.62 bits per heavy atom. The lowest BCUT2D eigenvalue weighted by Gasteiger charge is -2.11. The maximum Gasteiger partial charge on any atom is 0.344 e. The highest BCUT2D eigenvalue weighted by atomic mass is 35.5. The average Bonchev–Trinajstić information content (AvgIpc) is 2.14. The van der Waals surface area contributed by atoms with E-state index >= 15 is 0 Å². The number of aromatic nitrogens is 2. The Hall–Kier alpha value is -1.01. The van der Waals surface area contributed by atoms with Crippen molar-refractivity contribution in [3.63, 3.8) is 0 Å². The summed E-state index contributed by atoms with van der Waals surface area (Å²) in [6.45, 7) is 3.51. The van der Waals surface area contributed by atoms with E-state index in [1.165, 1.54) is 11.8 Å². The van der Waals surface area contributed by atoms with Crippen LogP contribution >= 0.6 is 23.4 Å². The van der Waals surface area contributed by atoms with Crippen molar-refractivity contribution in [2.75, 3.05) is 12.0 Å². The smallest absolute Gasteiger partial charge is 0.344 e. The van der Waals surface area contributed by atoms with Crippen LogP contribution in [0.1, 0.15) is 24.2 Å². The maximum atomic E-state index is 11.7. The quantitative estimate of drug-likeness (QED) is 0.509. The molecule has 0 aliphatic rings. The van der Waals surface area contributed by atoms with Gasteiger partial charge >= 0.3 is 5.97 Å². The summed E-state index contributed by atoms with van der Waals surface area (Å²) >= 11 is 7.11. The number of carbonyl (C=O) groups is 1. The number of nitrogens with two attached hydrogens (primary N) is 1. The molecule has 0 bridgehead atoms. The van der Waals surface area contributed by atoms with Crippen molar-refractivity contribution in [3.05, 3.63) is 10.7 Å². The summed E-state index contributed by atoms with van der Waals surface area (Å²) in [4.78, 5) is 19.4. The first-order valence-electron chi connectivity index (χ1n) is 4.53. The molecule has 0 amide bonds. The number of nitrogens with zero attached hydrogens (tertiary/aromatic N) is 2. The van der Waals surface area contributed by atoms with E-state index in [1.54, 1.807) is 20.1 Å². The minimum Gasteiger partial charge on any atom is -0.459 e. The van der Waals surface area contributed by atoms with Crippen LogP contribution < -0.4 is 5.73 Å². The fourth-order valence-electron chi connectivity index (χ4n) is 1.02. The molecule has 1 rings (SSSR count). The monoisotopic (exact) mass is 261 g/mol. The second-order valence-electron chi connectivity index (χ2n) is 3.21. The van der Waals surface area contributed by atoms with Gasteiger partial charge in [0.15, 0.2) is 0 Å². The van der Waals surface area contributed by atoms with Crippen molar-refractivity contribution in [2.24, 2.45) is 0 Å². The molecular formula is C9H12ClN3O2S. The minimum atomic E-state index is -0.538. The molecule has 88 valence electrons. The van der Waals surface area contributed by atoms with Crippen LogP contribution in [0.3, 0.4) is 0 Å². The van der Waals surface area contributed by atoms with Crippen molar-refractivity contribution in [2.45, 2.75) is 25.0 Å². The second kappa shape index (κ2) is 5.36. The summed E-state index contributed by atoms with van der Waals surface area (Å²) < 4.78 is 5.04. The maximum absolute atomic E-state index is 11.7. The number of carbonyl (C=O) groups excluding carboxylic acids is 1. The van der Waals surface area contributed by atoms with Crippen molar-refractivity contribution < 1.29 is 9.53 Å². The van der Waals surface area contributed by atoms with Gasteiger partial charge in [-0.15, -0.1) is 11.8 Å². The van der Waals surface area contributed by atoms with Gasteiger partial charge in [0.1, 0.15) is 15.7 Å². The molecule has 1 heterocycles. The highest BCUT2D eigenvalue weighted by molar-refractivity contribution is 7.98. The average molecular weight is 262 g/mol. The molecule has 1 aromatic rings. The number of anilines is 1. The van der Waals surface area contributed by atoms with Gasteiger partial charge in [0.05, 0.1) is 6.10 Å². The number of rotatable bonds is 3. The van der Waals surface area contributed by atoms with Crippen LogP contribution in [-0.4, -0.2) is 28.3 Å². The molecule has 0 unspecified atom stereocenters. The number of hydrogen-bond acceptors (Lipinski definition) is 6. The standard InChI is InChI=1S/C9H12ClN3O2S/c1-4(2)15-8(14)5-6(10)12-9(11)13-7(5)16-3/h4H,1-3H3,(H2,11,12,13). The Bertz CT molecular complexity index is 412. The molecule has 0 aromatic carbocycles. The normalized spacial score (nSPS) is 10.6. The molecule has 0 atom stereocenters. The van der Waals surface area contributed by atoms with Gasteiger partial charge in [0, 0.05) is 0 Å². The predicted octanol–water partition coefficient (Wildman–Crippen LogP) is 2.00. The predicted molar refractivity (Wildman–Crippen MR) is 63.8 cm³/mol. The first-order chi connectivity index (χ1) is 7.45. The molecule has 1 aromatic heterocycles. The molecule has 0 fully saturated rings. The Labute approximate surface area is 103 Å². The molecule has 0 radical (unpaired) electrons. The molecule has 0 saturated carbocycles. The number of thioether (sulfide) groups is 1. The fraction of sp³-hybridized carbons (Fsp3) is 0.444. The van der Waals surface area contributed by atoms with Crippen LogP contribution in [-0.2, 0) is 4.74 Å². The number of ether oxygens (including phenoxy) is 1. The van der Waals surface area contributed by atoms with E-state index in [-0.39, 0.29) is 22.8 Å². The highest BCUT2D eigenvalue weighted by Gasteiger charge is 2.21. The number of nitrogen functional groups attached to an aromatic ring is 1. The lowest BCUT2D eigenvalue weighted by atomic mass is 10.3. The third-order valence-electron chi connectivity index (χ3n) is 1.59. The van der Waals surface area contributed by atoms with Gasteiger partial charge in [-0.25, -0.2) is 14.8 Å². The molecule has 0 spiro atoms. The zero-order valence-electron chi connectivity index (χ0n) is 9.15. The molecule has 16 heavy (non-hydrogen) atoms. The van der Waals surface area contributed by atoms with E-state index in [1.807, 2.05) is 0 Å². The first kappa shape index (κ1) is 13.1. The summed E-state index contributed by atoms with van der Waals surface area (Å²) in [7, 11) is 0. The summed E-state index contributed by atoms with van der Waals surface area (Å²) in [5, 5.41) is 0.436. The van der Waals surface area contributed by atoms with Crippen LogP contribution in [0.15, 0.2) is 5.03 Å². The van der Waals surface area contributed by atoms with Gasteiger partial charge in [-0.1, -0.05) is 11.6 Å². The van der Waals surface area contributed by atoms with Gasteiger partial charge in [-0.3, -0.25) is 0 Å². The highest BCUT2D eigenvalue weighted by Crippen LogP contribution is 2.25. The SMILES string of the molecule is CSc1nc(N)nc(Cl)c1C(=O)OC(C)C. The fourth-order valence-corrected chi connectivity index (χ4v) is 1.90. The van der Waals surface area contributed by atoms with Gasteiger partial charge in [0.25, 0.3) is 0 Å². The molecule has 0 aliphatic carbocycles. The van der Waals surface area contributed by atoms with Gasteiger partial charge in [0.2, 0.25) is 5.95 Å². The van der Waals surface area contributed by atoms with Crippen molar-refractivity contribution in [3.8, 4) is 0 Å². The van der Waals surface area contributed by atoms with Crippen molar-refractivity contribution in [1.29, 1.82) is 0 Å². The molecular weight excluding hydrogens is 250 g/mol. The Balaban J connectivity index is 3.16. The van der Waals surface area contributed by atoms with Crippen molar-refractivity contribution in [1.82, 2.24) is 9.97 Å². The minimum absolute atomic E-state index is 0.0162.